The molecule has 92 valence electrons. The summed E-state index contributed by atoms with van der Waals surface area (Å²) in [5.41, 5.74) is 3.14. The SMILES string of the molecule is Brc1ccc(C2(Cc3ccccc3)CNC2)cc1. The Morgan fingerprint density at radius 3 is 2.17 bits per heavy atom. The lowest BCUT2D eigenvalue weighted by atomic mass is 9.71. The van der Waals surface area contributed by atoms with Crippen LogP contribution in [0, 0.1) is 0 Å². The van der Waals surface area contributed by atoms with Gasteiger partial charge < -0.3 is 5.32 Å². The van der Waals surface area contributed by atoms with E-state index in [0.717, 1.165) is 24.0 Å². The van der Waals surface area contributed by atoms with Crippen LogP contribution in [0.1, 0.15) is 11.1 Å². The minimum Gasteiger partial charge on any atom is -0.315 e. The molecule has 0 amide bonds. The third-order valence-electron chi connectivity index (χ3n) is 3.77. The molecule has 1 aliphatic rings. The first kappa shape index (κ1) is 11.9. The molecule has 1 aliphatic heterocycles. The fourth-order valence-corrected chi connectivity index (χ4v) is 2.91. The van der Waals surface area contributed by atoms with Gasteiger partial charge in [-0.3, -0.25) is 0 Å². The summed E-state index contributed by atoms with van der Waals surface area (Å²) in [6.45, 7) is 2.15. The van der Waals surface area contributed by atoms with Crippen LogP contribution in [0.4, 0.5) is 0 Å². The highest BCUT2D eigenvalue weighted by Crippen LogP contribution is 2.33. The standard InChI is InChI=1S/C16H16BrN/c17-15-8-6-14(7-9-15)16(11-18-12-16)10-13-4-2-1-3-5-13/h1-9,18H,10-12H2. The summed E-state index contributed by atoms with van der Waals surface area (Å²) in [7, 11) is 0. The largest absolute Gasteiger partial charge is 0.315 e. The van der Waals surface area contributed by atoms with Crippen molar-refractivity contribution in [2.75, 3.05) is 13.1 Å². The summed E-state index contributed by atoms with van der Waals surface area (Å²) in [6.07, 6.45) is 1.11. The van der Waals surface area contributed by atoms with Gasteiger partial charge in [-0.05, 0) is 29.7 Å². The van der Waals surface area contributed by atoms with Crippen molar-refractivity contribution < 1.29 is 0 Å². The minimum atomic E-state index is 0.280. The second kappa shape index (κ2) is 4.87. The molecule has 2 heteroatoms. The van der Waals surface area contributed by atoms with Crippen LogP contribution in [-0.4, -0.2) is 13.1 Å². The molecule has 0 radical (unpaired) electrons. The van der Waals surface area contributed by atoms with Gasteiger partial charge in [0.1, 0.15) is 0 Å². The number of rotatable bonds is 3. The van der Waals surface area contributed by atoms with E-state index in [0.29, 0.717) is 0 Å². The molecule has 0 bridgehead atoms. The third kappa shape index (κ3) is 2.23. The van der Waals surface area contributed by atoms with E-state index in [4.69, 9.17) is 0 Å². The molecule has 2 aromatic rings. The maximum absolute atomic E-state index is 3.50. The summed E-state index contributed by atoms with van der Waals surface area (Å²) >= 11 is 3.50. The van der Waals surface area contributed by atoms with Crippen molar-refractivity contribution in [1.82, 2.24) is 5.32 Å². The van der Waals surface area contributed by atoms with Gasteiger partial charge in [0.15, 0.2) is 0 Å². The molecule has 0 unspecified atom stereocenters. The summed E-state index contributed by atoms with van der Waals surface area (Å²) in [5.74, 6) is 0. The van der Waals surface area contributed by atoms with E-state index in [1.165, 1.54) is 11.1 Å². The van der Waals surface area contributed by atoms with Crippen LogP contribution in [0.2, 0.25) is 0 Å². The van der Waals surface area contributed by atoms with E-state index >= 15 is 0 Å². The minimum absolute atomic E-state index is 0.280. The van der Waals surface area contributed by atoms with Gasteiger partial charge in [0.25, 0.3) is 0 Å². The van der Waals surface area contributed by atoms with Gasteiger partial charge in [-0.1, -0.05) is 58.4 Å². The van der Waals surface area contributed by atoms with E-state index in [9.17, 15) is 0 Å². The molecule has 1 fully saturated rings. The molecular formula is C16H16BrN. The van der Waals surface area contributed by atoms with Gasteiger partial charge in [0.2, 0.25) is 0 Å². The van der Waals surface area contributed by atoms with Gasteiger partial charge in [0.05, 0.1) is 0 Å². The number of halogens is 1. The van der Waals surface area contributed by atoms with E-state index in [2.05, 4.69) is 75.8 Å². The molecule has 0 aliphatic carbocycles. The van der Waals surface area contributed by atoms with Crippen LogP contribution < -0.4 is 5.32 Å². The molecule has 3 rings (SSSR count). The van der Waals surface area contributed by atoms with Crippen LogP contribution in [0.15, 0.2) is 59.1 Å². The van der Waals surface area contributed by atoms with Gasteiger partial charge >= 0.3 is 0 Å². The second-order valence-electron chi connectivity index (χ2n) is 5.05. The zero-order chi connectivity index (χ0) is 12.4. The average Bonchev–Trinajstić information content (AvgIpc) is 2.36. The van der Waals surface area contributed by atoms with Crippen molar-refractivity contribution in [3.63, 3.8) is 0 Å². The fourth-order valence-electron chi connectivity index (χ4n) is 2.65. The predicted octanol–water partition coefficient (Wildman–Crippen LogP) is 3.53. The van der Waals surface area contributed by atoms with E-state index < -0.39 is 0 Å². The predicted molar refractivity (Wildman–Crippen MR) is 78.8 cm³/mol. The quantitative estimate of drug-likeness (QED) is 0.914. The molecule has 0 saturated carbocycles. The van der Waals surface area contributed by atoms with E-state index in [1.807, 2.05) is 0 Å². The van der Waals surface area contributed by atoms with Crippen LogP contribution >= 0.6 is 15.9 Å². The highest BCUT2D eigenvalue weighted by Gasteiger charge is 2.38. The molecule has 18 heavy (non-hydrogen) atoms. The Morgan fingerprint density at radius 2 is 1.61 bits per heavy atom. The molecule has 2 aromatic carbocycles. The number of nitrogens with one attached hydrogen (secondary N) is 1. The molecule has 1 nitrogen and oxygen atoms in total. The van der Waals surface area contributed by atoms with E-state index in [-0.39, 0.29) is 5.41 Å². The highest BCUT2D eigenvalue weighted by atomic mass is 79.9. The monoisotopic (exact) mass is 301 g/mol. The number of hydrogen-bond donors (Lipinski definition) is 1. The third-order valence-corrected chi connectivity index (χ3v) is 4.30. The Bertz CT molecular complexity index is 515. The number of hydrogen-bond acceptors (Lipinski definition) is 1. The molecular weight excluding hydrogens is 286 g/mol. The van der Waals surface area contributed by atoms with Crippen molar-refractivity contribution in [1.29, 1.82) is 0 Å². The lowest BCUT2D eigenvalue weighted by Gasteiger charge is -2.43. The summed E-state index contributed by atoms with van der Waals surface area (Å²) < 4.78 is 1.15. The topological polar surface area (TPSA) is 12.0 Å². The first-order valence-electron chi connectivity index (χ1n) is 6.29. The summed E-state index contributed by atoms with van der Waals surface area (Å²) in [4.78, 5) is 0. The lowest BCUT2D eigenvalue weighted by Crippen LogP contribution is -2.58. The van der Waals surface area contributed by atoms with Crippen molar-refractivity contribution >= 4 is 15.9 Å². The molecule has 0 aromatic heterocycles. The average molecular weight is 302 g/mol. The van der Waals surface area contributed by atoms with Gasteiger partial charge in [-0.2, -0.15) is 0 Å². The normalized spacial score (nSPS) is 17.2. The molecule has 1 N–H and O–H groups in total. The molecule has 0 atom stereocenters. The van der Waals surface area contributed by atoms with E-state index in [1.54, 1.807) is 0 Å². The van der Waals surface area contributed by atoms with Crippen LogP contribution in [0.25, 0.3) is 0 Å². The fraction of sp³-hybridized carbons (Fsp3) is 0.250. The van der Waals surface area contributed by atoms with Crippen LogP contribution in [0.3, 0.4) is 0 Å². The van der Waals surface area contributed by atoms with Crippen molar-refractivity contribution in [2.45, 2.75) is 11.8 Å². The van der Waals surface area contributed by atoms with Crippen molar-refractivity contribution in [2.24, 2.45) is 0 Å². The Balaban J connectivity index is 1.88. The van der Waals surface area contributed by atoms with Gasteiger partial charge in [-0.25, -0.2) is 0 Å². The molecule has 1 heterocycles. The first-order valence-corrected chi connectivity index (χ1v) is 7.09. The molecule has 1 saturated heterocycles. The number of benzene rings is 2. The smallest absolute Gasteiger partial charge is 0.0242 e. The van der Waals surface area contributed by atoms with Crippen LogP contribution in [0.5, 0.6) is 0 Å². The first-order chi connectivity index (χ1) is 8.78. The molecule has 0 spiro atoms. The summed E-state index contributed by atoms with van der Waals surface area (Å²) in [6, 6.07) is 19.5. The second-order valence-corrected chi connectivity index (χ2v) is 5.97. The van der Waals surface area contributed by atoms with Crippen LogP contribution in [-0.2, 0) is 11.8 Å². The summed E-state index contributed by atoms with van der Waals surface area (Å²) in [5, 5.41) is 3.42. The Morgan fingerprint density at radius 1 is 0.944 bits per heavy atom. The maximum atomic E-state index is 3.50. The van der Waals surface area contributed by atoms with Gasteiger partial charge in [0, 0.05) is 23.0 Å². The lowest BCUT2D eigenvalue weighted by molar-refractivity contribution is 0.274. The van der Waals surface area contributed by atoms with Crippen molar-refractivity contribution in [3.8, 4) is 0 Å². The highest BCUT2D eigenvalue weighted by molar-refractivity contribution is 9.10. The zero-order valence-electron chi connectivity index (χ0n) is 10.2. The Kier molecular flexibility index (Phi) is 3.23. The van der Waals surface area contributed by atoms with Crippen molar-refractivity contribution in [3.05, 3.63) is 70.2 Å². The zero-order valence-corrected chi connectivity index (χ0v) is 11.8. The Labute approximate surface area is 116 Å². The Hall–Kier alpha value is -1.12. The van der Waals surface area contributed by atoms with Gasteiger partial charge in [-0.15, -0.1) is 0 Å². The maximum Gasteiger partial charge on any atom is 0.0242 e.